The molecule has 0 bridgehead atoms. The Morgan fingerprint density at radius 2 is 0.921 bits per heavy atom. The highest BCUT2D eigenvalue weighted by Crippen LogP contribution is 2.44. The molecule has 3 aromatic rings. The predicted molar refractivity (Wildman–Crippen MR) is 148 cm³/mol. The average Bonchev–Trinajstić information content (AvgIpc) is 2.94. The van der Waals surface area contributed by atoms with Gasteiger partial charge in [0, 0.05) is 21.5 Å². The van der Waals surface area contributed by atoms with Crippen molar-refractivity contribution in [2.24, 2.45) is 23.7 Å². The van der Waals surface area contributed by atoms with Gasteiger partial charge in [0.05, 0.1) is 11.8 Å². The molecular formula is C32H38O6. The van der Waals surface area contributed by atoms with Crippen molar-refractivity contribution < 1.29 is 29.3 Å². The zero-order chi connectivity index (χ0) is 26.5. The van der Waals surface area contributed by atoms with Crippen LogP contribution >= 0.6 is 0 Å². The summed E-state index contributed by atoms with van der Waals surface area (Å²) < 4.78 is 12.8. The molecule has 2 aliphatic carbocycles. The van der Waals surface area contributed by atoms with Crippen LogP contribution in [-0.2, 0) is 9.59 Å². The minimum Gasteiger partial charge on any atom is -0.491 e. The first-order valence-corrected chi connectivity index (χ1v) is 14.2. The smallest absolute Gasteiger partial charge is 0.310 e. The lowest BCUT2D eigenvalue weighted by Gasteiger charge is -2.28. The van der Waals surface area contributed by atoms with Crippen LogP contribution in [0, 0.1) is 23.7 Å². The lowest BCUT2D eigenvalue weighted by Crippen LogP contribution is -2.31. The molecule has 0 heterocycles. The molecule has 6 nitrogen and oxygen atoms in total. The topological polar surface area (TPSA) is 93.1 Å². The van der Waals surface area contributed by atoms with Crippen LogP contribution in [0.25, 0.3) is 21.5 Å². The number of rotatable bonds is 10. The van der Waals surface area contributed by atoms with E-state index in [0.29, 0.717) is 11.5 Å². The summed E-state index contributed by atoms with van der Waals surface area (Å²) in [6.45, 7) is 0.244. The van der Waals surface area contributed by atoms with Crippen molar-refractivity contribution >= 4 is 33.5 Å². The van der Waals surface area contributed by atoms with Gasteiger partial charge in [-0.25, -0.2) is 0 Å². The molecule has 5 rings (SSSR count). The third-order valence-electron chi connectivity index (χ3n) is 8.72. The fourth-order valence-electron chi connectivity index (χ4n) is 6.60. The summed E-state index contributed by atoms with van der Waals surface area (Å²) in [5.41, 5.74) is 0. The molecule has 2 unspecified atom stereocenters. The van der Waals surface area contributed by atoms with E-state index in [0.717, 1.165) is 72.9 Å². The van der Waals surface area contributed by atoms with Crippen molar-refractivity contribution in [3.05, 3.63) is 48.5 Å². The van der Waals surface area contributed by atoms with E-state index < -0.39 is 23.8 Å². The molecule has 0 aromatic heterocycles. The van der Waals surface area contributed by atoms with E-state index in [1.807, 2.05) is 48.5 Å². The number of ether oxygens (including phenoxy) is 2. The van der Waals surface area contributed by atoms with Crippen LogP contribution in [0.1, 0.15) is 64.2 Å². The highest BCUT2D eigenvalue weighted by atomic mass is 16.5. The molecule has 0 spiro atoms. The SMILES string of the molecule is O=C(O)C(COc1c2ccccc2c(OCC(C(=O)O)C2CCCCC2)c2ccccc12)C1CCCCC1. The van der Waals surface area contributed by atoms with Crippen LogP contribution in [0.4, 0.5) is 0 Å². The van der Waals surface area contributed by atoms with Gasteiger partial charge in [0.15, 0.2) is 0 Å². The van der Waals surface area contributed by atoms with Gasteiger partial charge < -0.3 is 19.7 Å². The third kappa shape index (κ3) is 5.59. The van der Waals surface area contributed by atoms with Crippen molar-refractivity contribution in [2.75, 3.05) is 13.2 Å². The van der Waals surface area contributed by atoms with Gasteiger partial charge in [-0.3, -0.25) is 9.59 Å². The van der Waals surface area contributed by atoms with E-state index in [-0.39, 0.29) is 25.0 Å². The van der Waals surface area contributed by atoms with Crippen LogP contribution in [-0.4, -0.2) is 35.4 Å². The molecule has 2 saturated carbocycles. The molecule has 0 aliphatic heterocycles. The number of hydrogen-bond acceptors (Lipinski definition) is 4. The molecule has 2 N–H and O–H groups in total. The first-order chi connectivity index (χ1) is 18.5. The average molecular weight is 519 g/mol. The molecule has 6 heteroatoms. The highest BCUT2D eigenvalue weighted by Gasteiger charge is 2.32. The molecule has 0 radical (unpaired) electrons. The summed E-state index contributed by atoms with van der Waals surface area (Å²) in [5.74, 6) is -1.10. The van der Waals surface area contributed by atoms with Crippen LogP contribution < -0.4 is 9.47 Å². The number of carboxylic acid groups (broad SMARTS) is 2. The first-order valence-electron chi connectivity index (χ1n) is 14.2. The Balaban J connectivity index is 1.48. The van der Waals surface area contributed by atoms with E-state index in [4.69, 9.17) is 9.47 Å². The van der Waals surface area contributed by atoms with Crippen molar-refractivity contribution in [1.29, 1.82) is 0 Å². The van der Waals surface area contributed by atoms with E-state index in [1.165, 1.54) is 12.8 Å². The van der Waals surface area contributed by atoms with Crippen LogP contribution in [0.5, 0.6) is 11.5 Å². The second kappa shape index (κ2) is 12.1. The van der Waals surface area contributed by atoms with Gasteiger partial charge in [0.25, 0.3) is 0 Å². The molecule has 38 heavy (non-hydrogen) atoms. The van der Waals surface area contributed by atoms with Gasteiger partial charge in [-0.1, -0.05) is 87.1 Å². The molecular weight excluding hydrogens is 480 g/mol. The zero-order valence-corrected chi connectivity index (χ0v) is 21.9. The van der Waals surface area contributed by atoms with Gasteiger partial charge in [-0.15, -0.1) is 0 Å². The lowest BCUT2D eigenvalue weighted by atomic mass is 9.80. The number of aliphatic carboxylic acids is 2. The first kappa shape index (κ1) is 26.3. The predicted octanol–water partition coefficient (Wildman–Crippen LogP) is 7.31. The molecule has 2 atom stereocenters. The number of carboxylic acids is 2. The maximum Gasteiger partial charge on any atom is 0.310 e. The Hall–Kier alpha value is -3.28. The van der Waals surface area contributed by atoms with Crippen LogP contribution in [0.15, 0.2) is 48.5 Å². The molecule has 202 valence electrons. The number of benzene rings is 3. The minimum absolute atomic E-state index is 0.122. The summed E-state index contributed by atoms with van der Waals surface area (Å²) in [5, 5.41) is 23.4. The van der Waals surface area contributed by atoms with Gasteiger partial charge in [-0.05, 0) is 37.5 Å². The Morgan fingerprint density at radius 3 is 1.21 bits per heavy atom. The minimum atomic E-state index is -0.798. The number of fused-ring (bicyclic) bond motifs is 2. The van der Waals surface area contributed by atoms with Gasteiger partial charge in [-0.2, -0.15) is 0 Å². The van der Waals surface area contributed by atoms with Gasteiger partial charge >= 0.3 is 11.9 Å². The Labute approximate surface area is 223 Å². The summed E-state index contributed by atoms with van der Waals surface area (Å²) in [7, 11) is 0. The Bertz CT molecular complexity index is 1120. The monoisotopic (exact) mass is 518 g/mol. The normalized spacial score (nSPS) is 18.7. The molecule has 0 saturated heterocycles. The van der Waals surface area contributed by atoms with Crippen molar-refractivity contribution in [1.82, 2.24) is 0 Å². The highest BCUT2D eigenvalue weighted by molar-refractivity contribution is 6.11. The van der Waals surface area contributed by atoms with Gasteiger partial charge in [0.1, 0.15) is 24.7 Å². The molecule has 2 aliphatic rings. The second-order valence-electron chi connectivity index (χ2n) is 11.1. The largest absolute Gasteiger partial charge is 0.491 e. The second-order valence-corrected chi connectivity index (χ2v) is 11.1. The summed E-state index contributed by atoms with van der Waals surface area (Å²) >= 11 is 0. The summed E-state index contributed by atoms with van der Waals surface area (Å²) in [6.07, 6.45) is 10.4. The van der Waals surface area contributed by atoms with Gasteiger partial charge in [0.2, 0.25) is 0 Å². The lowest BCUT2D eigenvalue weighted by molar-refractivity contribution is -0.146. The standard InChI is InChI=1S/C32H38O6/c33-31(34)27(21-11-3-1-4-12-21)19-37-29-23-15-7-9-17-25(23)30(26-18-10-8-16-24(26)29)38-20-28(32(35)36)22-13-5-2-6-14-22/h7-10,15-18,21-22,27-28H,1-6,11-14,19-20H2,(H,33,34)(H,35,36). The molecule has 3 aromatic carbocycles. The van der Waals surface area contributed by atoms with E-state index >= 15 is 0 Å². The molecule has 2 fully saturated rings. The number of carbonyl (C=O) groups is 2. The summed E-state index contributed by atoms with van der Waals surface area (Å²) in [4.78, 5) is 24.4. The van der Waals surface area contributed by atoms with Crippen molar-refractivity contribution in [3.63, 3.8) is 0 Å². The Morgan fingerprint density at radius 1 is 0.605 bits per heavy atom. The van der Waals surface area contributed by atoms with Crippen molar-refractivity contribution in [3.8, 4) is 11.5 Å². The fourth-order valence-corrected chi connectivity index (χ4v) is 6.60. The van der Waals surface area contributed by atoms with Crippen LogP contribution in [0.2, 0.25) is 0 Å². The zero-order valence-electron chi connectivity index (χ0n) is 21.9. The van der Waals surface area contributed by atoms with E-state index in [2.05, 4.69) is 0 Å². The van der Waals surface area contributed by atoms with Crippen LogP contribution in [0.3, 0.4) is 0 Å². The number of hydrogen-bond donors (Lipinski definition) is 2. The molecule has 0 amide bonds. The third-order valence-corrected chi connectivity index (χ3v) is 8.72. The van der Waals surface area contributed by atoms with Crippen molar-refractivity contribution in [2.45, 2.75) is 64.2 Å². The summed E-state index contributed by atoms with van der Waals surface area (Å²) in [6, 6.07) is 15.6. The maximum atomic E-state index is 12.2. The maximum absolute atomic E-state index is 12.2. The van der Waals surface area contributed by atoms with E-state index in [1.54, 1.807) is 0 Å². The van der Waals surface area contributed by atoms with E-state index in [9.17, 15) is 19.8 Å². The fraction of sp³-hybridized carbons (Fsp3) is 0.500. The quantitative estimate of drug-likeness (QED) is 0.273. The Kier molecular flexibility index (Phi) is 8.35.